The Labute approximate surface area is 168 Å². The summed E-state index contributed by atoms with van der Waals surface area (Å²) >= 11 is 0. The van der Waals surface area contributed by atoms with Gasteiger partial charge in [0, 0.05) is 12.2 Å². The van der Waals surface area contributed by atoms with E-state index in [-0.39, 0.29) is 12.1 Å². The summed E-state index contributed by atoms with van der Waals surface area (Å²) < 4.78 is 39.2. The van der Waals surface area contributed by atoms with Gasteiger partial charge in [-0.3, -0.25) is 0 Å². The Morgan fingerprint density at radius 1 is 1.14 bits per heavy atom. The summed E-state index contributed by atoms with van der Waals surface area (Å²) in [6, 6.07) is 15.8. The second-order valence-electron chi connectivity index (χ2n) is 7.30. The molecule has 1 aliphatic rings. The molecule has 5 nitrogen and oxygen atoms in total. The van der Waals surface area contributed by atoms with Gasteiger partial charge in [-0.1, -0.05) is 42.5 Å². The molecule has 6 heteroatoms. The highest BCUT2D eigenvalue weighted by molar-refractivity contribution is 7.90. The van der Waals surface area contributed by atoms with Crippen molar-refractivity contribution in [2.24, 2.45) is 0 Å². The van der Waals surface area contributed by atoms with Gasteiger partial charge in [0.05, 0.1) is 24.0 Å². The number of hydrogen-bond acceptors (Lipinski definition) is 4. The van der Waals surface area contributed by atoms with E-state index >= 15 is 0 Å². The molecule has 1 N–H and O–H groups in total. The van der Waals surface area contributed by atoms with Crippen LogP contribution in [0.3, 0.4) is 0 Å². The van der Waals surface area contributed by atoms with Crippen molar-refractivity contribution in [2.45, 2.75) is 51.0 Å². The summed E-state index contributed by atoms with van der Waals surface area (Å²) in [4.78, 5) is 0. The molecule has 2 aromatic carbocycles. The molecule has 1 fully saturated rings. The molecule has 1 heterocycles. The van der Waals surface area contributed by atoms with Crippen molar-refractivity contribution < 1.29 is 17.9 Å². The number of hydrogen-bond donors (Lipinski definition) is 1. The van der Waals surface area contributed by atoms with Gasteiger partial charge in [0.2, 0.25) is 10.0 Å². The summed E-state index contributed by atoms with van der Waals surface area (Å²) in [6.45, 7) is 6.60. The maximum Gasteiger partial charge on any atom is 0.214 e. The van der Waals surface area contributed by atoms with Crippen LogP contribution in [0.1, 0.15) is 45.3 Å². The van der Waals surface area contributed by atoms with Crippen LogP contribution in [0.15, 0.2) is 48.5 Å². The number of para-hydroxylation sites is 1. The Morgan fingerprint density at radius 3 is 2.54 bits per heavy atom. The fraction of sp³-hybridized carbons (Fsp3) is 0.455. The summed E-state index contributed by atoms with van der Waals surface area (Å²) in [6.07, 6.45) is 1.34. The second-order valence-corrected chi connectivity index (χ2v) is 9.57. The third-order valence-electron chi connectivity index (χ3n) is 5.00. The number of nitrogens with one attached hydrogen (secondary N) is 1. The average molecular weight is 404 g/mol. The van der Waals surface area contributed by atoms with Crippen LogP contribution in [0, 0.1) is 0 Å². The van der Waals surface area contributed by atoms with Gasteiger partial charge in [-0.2, -0.15) is 0 Å². The monoisotopic (exact) mass is 403 g/mol. The minimum absolute atomic E-state index is 0.247. The van der Waals surface area contributed by atoms with Crippen LogP contribution >= 0.6 is 0 Å². The molecule has 0 bridgehead atoms. The third kappa shape index (κ3) is 4.74. The zero-order valence-corrected chi connectivity index (χ0v) is 17.5. The molecule has 0 radical (unpaired) electrons. The third-order valence-corrected chi connectivity index (χ3v) is 6.87. The predicted molar refractivity (Wildman–Crippen MR) is 112 cm³/mol. The number of rotatable bonds is 7. The van der Waals surface area contributed by atoms with Gasteiger partial charge in [-0.25, -0.2) is 13.1 Å². The molecule has 0 unspecified atom stereocenters. The number of ether oxygens (including phenoxy) is 2. The summed E-state index contributed by atoms with van der Waals surface area (Å²) in [5.41, 5.74) is 3.08. The normalized spacial score (nSPS) is 20.3. The van der Waals surface area contributed by atoms with Crippen LogP contribution in [0.25, 0.3) is 11.1 Å². The Hall–Kier alpha value is -1.89. The van der Waals surface area contributed by atoms with Crippen LogP contribution in [0.4, 0.5) is 0 Å². The van der Waals surface area contributed by atoms with Crippen molar-refractivity contribution in [3.05, 3.63) is 54.1 Å². The van der Waals surface area contributed by atoms with Crippen LogP contribution in [-0.4, -0.2) is 32.9 Å². The topological polar surface area (TPSA) is 64.6 Å². The van der Waals surface area contributed by atoms with E-state index in [1.807, 2.05) is 55.5 Å². The highest BCUT2D eigenvalue weighted by Gasteiger charge is 2.31. The maximum absolute atomic E-state index is 12.3. The lowest BCUT2D eigenvalue weighted by atomic mass is 9.95. The van der Waals surface area contributed by atoms with Crippen LogP contribution < -0.4 is 9.46 Å². The summed E-state index contributed by atoms with van der Waals surface area (Å²) in [7, 11) is -3.35. The maximum atomic E-state index is 12.3. The average Bonchev–Trinajstić information content (AvgIpc) is 2.69. The molecule has 0 spiro atoms. The predicted octanol–water partition coefficient (Wildman–Crippen LogP) is 4.30. The highest BCUT2D eigenvalue weighted by atomic mass is 32.2. The zero-order valence-electron chi connectivity index (χ0n) is 16.7. The van der Waals surface area contributed by atoms with Crippen LogP contribution in [0.5, 0.6) is 5.75 Å². The number of sulfonamides is 1. The molecule has 0 aliphatic carbocycles. The quantitative estimate of drug-likeness (QED) is 0.749. The molecule has 1 saturated heterocycles. The van der Waals surface area contributed by atoms with Crippen molar-refractivity contribution in [1.29, 1.82) is 0 Å². The van der Waals surface area contributed by atoms with E-state index in [1.165, 1.54) is 0 Å². The van der Waals surface area contributed by atoms with Gasteiger partial charge in [0.15, 0.2) is 0 Å². The van der Waals surface area contributed by atoms with Gasteiger partial charge in [0.25, 0.3) is 0 Å². The van der Waals surface area contributed by atoms with Crippen molar-refractivity contribution in [1.82, 2.24) is 4.72 Å². The van der Waals surface area contributed by atoms with Crippen LogP contribution in [-0.2, 0) is 14.8 Å². The Bertz CT molecular complexity index is 878. The van der Waals surface area contributed by atoms with Crippen molar-refractivity contribution in [3.63, 3.8) is 0 Å². The van der Waals surface area contributed by atoms with Gasteiger partial charge in [0.1, 0.15) is 5.75 Å². The molecular formula is C22H29NO4S. The molecule has 0 amide bonds. The molecule has 152 valence electrons. The molecule has 2 atom stereocenters. The lowest BCUT2D eigenvalue weighted by Gasteiger charge is -2.33. The van der Waals surface area contributed by atoms with Gasteiger partial charge >= 0.3 is 0 Å². The first-order valence-corrected chi connectivity index (χ1v) is 11.4. The van der Waals surface area contributed by atoms with Crippen molar-refractivity contribution in [3.8, 4) is 16.9 Å². The summed E-state index contributed by atoms with van der Waals surface area (Å²) in [5.74, 6) is 0.856. The zero-order chi connectivity index (χ0) is 20.1. The van der Waals surface area contributed by atoms with Crippen LogP contribution in [0.2, 0.25) is 0 Å². The van der Waals surface area contributed by atoms with Gasteiger partial charge in [-0.15, -0.1) is 0 Å². The number of benzene rings is 2. The van der Waals surface area contributed by atoms with E-state index in [1.54, 1.807) is 13.8 Å². The molecule has 2 aromatic rings. The minimum atomic E-state index is -3.35. The van der Waals surface area contributed by atoms with Gasteiger partial charge < -0.3 is 9.47 Å². The highest BCUT2D eigenvalue weighted by Crippen LogP contribution is 2.33. The lowest BCUT2D eigenvalue weighted by molar-refractivity contribution is -0.00446. The van der Waals surface area contributed by atoms with E-state index in [2.05, 4.69) is 4.72 Å². The van der Waals surface area contributed by atoms with Crippen molar-refractivity contribution in [2.75, 3.05) is 13.2 Å². The smallest absolute Gasteiger partial charge is 0.214 e. The SMILES string of the molecule is CCOc1ccccc1-c1ccc([C@@H]2OCCC[C@@H]2NS(=O)(=O)C(C)C)cc1. The van der Waals surface area contributed by atoms with E-state index in [0.29, 0.717) is 13.2 Å². The molecular weight excluding hydrogens is 374 g/mol. The molecule has 3 rings (SSSR count). The first-order valence-electron chi connectivity index (χ1n) is 9.87. The lowest BCUT2D eigenvalue weighted by Crippen LogP contribution is -2.45. The molecule has 0 saturated carbocycles. The van der Waals surface area contributed by atoms with E-state index in [9.17, 15) is 8.42 Å². The molecule has 1 aliphatic heterocycles. The first kappa shape index (κ1) is 20.8. The standard InChI is InChI=1S/C22H29NO4S/c1-4-26-21-10-6-5-8-19(21)17-11-13-18(14-12-17)22-20(9-7-15-27-22)23-28(24,25)16(2)3/h5-6,8,10-14,16,20,22-23H,4,7,9,15H2,1-3H3/t20-,22-/m0/s1. The molecule has 0 aromatic heterocycles. The largest absolute Gasteiger partial charge is 0.493 e. The van der Waals surface area contributed by atoms with Gasteiger partial charge in [-0.05, 0) is 50.8 Å². The first-order chi connectivity index (χ1) is 13.4. The molecule has 28 heavy (non-hydrogen) atoms. The summed E-state index contributed by atoms with van der Waals surface area (Å²) in [5, 5.41) is -0.465. The second kappa shape index (κ2) is 9.07. The Morgan fingerprint density at radius 2 is 1.86 bits per heavy atom. The Kier molecular flexibility index (Phi) is 6.75. The van der Waals surface area contributed by atoms with Crippen molar-refractivity contribution >= 4 is 10.0 Å². The van der Waals surface area contributed by atoms with E-state index in [0.717, 1.165) is 35.3 Å². The minimum Gasteiger partial charge on any atom is -0.493 e. The van der Waals surface area contributed by atoms with E-state index < -0.39 is 15.3 Å². The Balaban J connectivity index is 1.83. The fourth-order valence-electron chi connectivity index (χ4n) is 3.42. The van der Waals surface area contributed by atoms with E-state index in [4.69, 9.17) is 9.47 Å². The fourth-order valence-corrected chi connectivity index (χ4v) is 4.35.